The Morgan fingerprint density at radius 1 is 1.24 bits per heavy atom. The van der Waals surface area contributed by atoms with Gasteiger partial charge in [-0.25, -0.2) is 0 Å². The molecule has 3 aliphatic heterocycles. The molecular weight excluding hydrogens is 418 g/mol. The minimum absolute atomic E-state index is 0.0943. The van der Waals surface area contributed by atoms with Crippen molar-refractivity contribution in [2.24, 2.45) is 11.8 Å². The number of para-hydroxylation sites is 3. The van der Waals surface area contributed by atoms with E-state index in [4.69, 9.17) is 9.47 Å². The number of nitrogens with one attached hydrogen (secondary N) is 2. The maximum absolute atomic E-state index is 13.5. The third-order valence-electron chi connectivity index (χ3n) is 7.15. The number of carbonyl (C=O) groups excluding carboxylic acids is 2. The first kappa shape index (κ1) is 20.1. The van der Waals surface area contributed by atoms with Crippen molar-refractivity contribution in [2.45, 2.75) is 18.1 Å². The van der Waals surface area contributed by atoms with Gasteiger partial charge in [0.05, 0.1) is 37.3 Å². The smallest absolute Gasteiger partial charge is 0.234 e. The Balaban J connectivity index is 1.19. The van der Waals surface area contributed by atoms with Crippen LogP contribution in [-0.2, 0) is 20.7 Å². The zero-order chi connectivity index (χ0) is 22.6. The summed E-state index contributed by atoms with van der Waals surface area (Å²) in [5.74, 6) is -0.675. The van der Waals surface area contributed by atoms with Crippen LogP contribution >= 0.6 is 0 Å². The van der Waals surface area contributed by atoms with Gasteiger partial charge in [-0.1, -0.05) is 42.5 Å². The number of methoxy groups -OCH3 is 1. The molecule has 1 aromatic heterocycles. The lowest BCUT2D eigenvalue weighted by molar-refractivity contribution is -0.131. The van der Waals surface area contributed by atoms with E-state index >= 15 is 0 Å². The molecule has 168 valence electrons. The molecule has 4 atom stereocenters. The standard InChI is InChI=1S/C26H25N3O4/c1-32-20-9-5-4-8-19(20)29-15-26-12-10-21(33-26)22(23(26)25(29)31)24(30)27-13-11-16-14-28-18-7-3-2-6-17(16)18/h2-10,12,14,21-23,28H,11,13,15H2,1H3,(H,27,30)/t21-,22?,23?,26-/m1/s1. The molecule has 0 aliphatic carbocycles. The Morgan fingerprint density at radius 3 is 2.94 bits per heavy atom. The van der Waals surface area contributed by atoms with Crippen molar-refractivity contribution in [1.82, 2.24) is 10.3 Å². The van der Waals surface area contributed by atoms with Crippen molar-refractivity contribution in [3.8, 4) is 5.75 Å². The molecule has 2 saturated heterocycles. The summed E-state index contributed by atoms with van der Waals surface area (Å²) in [6.07, 6.45) is 6.22. The summed E-state index contributed by atoms with van der Waals surface area (Å²) in [5, 5.41) is 4.22. The first-order valence-corrected chi connectivity index (χ1v) is 11.3. The van der Waals surface area contributed by atoms with E-state index in [-0.39, 0.29) is 17.9 Å². The average Bonchev–Trinajstić information content (AvgIpc) is 3.59. The number of aromatic nitrogens is 1. The topological polar surface area (TPSA) is 83.7 Å². The van der Waals surface area contributed by atoms with Gasteiger partial charge in [0.1, 0.15) is 11.4 Å². The highest BCUT2D eigenvalue weighted by Gasteiger charge is 2.67. The zero-order valence-corrected chi connectivity index (χ0v) is 18.3. The summed E-state index contributed by atoms with van der Waals surface area (Å²) in [7, 11) is 1.59. The van der Waals surface area contributed by atoms with Crippen LogP contribution < -0.4 is 15.0 Å². The molecule has 3 aromatic rings. The molecule has 1 spiro atoms. The van der Waals surface area contributed by atoms with E-state index in [0.29, 0.717) is 30.9 Å². The Labute approximate surface area is 191 Å². The fourth-order valence-electron chi connectivity index (χ4n) is 5.63. The molecular formula is C26H25N3O4. The van der Waals surface area contributed by atoms with Crippen LogP contribution in [0.15, 0.2) is 66.9 Å². The van der Waals surface area contributed by atoms with Crippen molar-refractivity contribution in [3.05, 3.63) is 72.4 Å². The van der Waals surface area contributed by atoms with Gasteiger partial charge < -0.3 is 24.7 Å². The summed E-state index contributed by atoms with van der Waals surface area (Å²) < 4.78 is 11.7. The molecule has 7 nitrogen and oxygen atoms in total. The minimum Gasteiger partial charge on any atom is -0.495 e. The predicted octanol–water partition coefficient (Wildman–Crippen LogP) is 2.82. The molecule has 0 radical (unpaired) electrons. The van der Waals surface area contributed by atoms with Gasteiger partial charge in [-0.05, 0) is 30.2 Å². The largest absolute Gasteiger partial charge is 0.495 e. The van der Waals surface area contributed by atoms with Gasteiger partial charge in [0, 0.05) is 23.6 Å². The van der Waals surface area contributed by atoms with Crippen molar-refractivity contribution in [1.29, 1.82) is 0 Å². The average molecular weight is 444 g/mol. The molecule has 2 fully saturated rings. The Hall–Kier alpha value is -3.58. The molecule has 2 N–H and O–H groups in total. The van der Waals surface area contributed by atoms with E-state index in [2.05, 4.69) is 16.4 Å². The van der Waals surface area contributed by atoms with Gasteiger partial charge in [0.2, 0.25) is 11.8 Å². The van der Waals surface area contributed by atoms with E-state index in [9.17, 15) is 9.59 Å². The van der Waals surface area contributed by atoms with E-state index in [0.717, 1.165) is 16.5 Å². The zero-order valence-electron chi connectivity index (χ0n) is 18.3. The lowest BCUT2D eigenvalue weighted by Crippen LogP contribution is -2.44. The highest BCUT2D eigenvalue weighted by atomic mass is 16.5. The summed E-state index contributed by atoms with van der Waals surface area (Å²) in [6, 6.07) is 15.6. The molecule has 2 amide bonds. The van der Waals surface area contributed by atoms with Crippen molar-refractivity contribution >= 4 is 28.4 Å². The van der Waals surface area contributed by atoms with Gasteiger partial charge in [-0.2, -0.15) is 0 Å². The van der Waals surface area contributed by atoms with Crippen LogP contribution in [0.1, 0.15) is 5.56 Å². The fraction of sp³-hybridized carbons (Fsp3) is 0.308. The summed E-state index contributed by atoms with van der Waals surface area (Å²) in [4.78, 5) is 31.7. The van der Waals surface area contributed by atoms with Crippen molar-refractivity contribution < 1.29 is 19.1 Å². The molecule has 6 rings (SSSR count). The van der Waals surface area contributed by atoms with Crippen LogP contribution in [-0.4, -0.2) is 48.7 Å². The lowest BCUT2D eigenvalue weighted by atomic mass is 9.77. The van der Waals surface area contributed by atoms with Gasteiger partial charge in [0.15, 0.2) is 0 Å². The first-order valence-electron chi connectivity index (χ1n) is 11.3. The molecule has 2 bridgehead atoms. The third kappa shape index (κ3) is 2.99. The number of amides is 2. The normalized spacial score (nSPS) is 27.4. The highest BCUT2D eigenvalue weighted by Crippen LogP contribution is 2.53. The molecule has 33 heavy (non-hydrogen) atoms. The summed E-state index contributed by atoms with van der Waals surface area (Å²) in [5.41, 5.74) is 2.18. The Kier molecular flexibility index (Phi) is 4.55. The molecule has 7 heteroatoms. The highest BCUT2D eigenvalue weighted by molar-refractivity contribution is 6.04. The number of ether oxygens (including phenoxy) is 2. The molecule has 0 saturated carbocycles. The number of aromatic amines is 1. The lowest BCUT2D eigenvalue weighted by Gasteiger charge is -2.23. The van der Waals surface area contributed by atoms with Crippen LogP contribution in [0.2, 0.25) is 0 Å². The van der Waals surface area contributed by atoms with Gasteiger partial charge >= 0.3 is 0 Å². The number of carbonyl (C=O) groups is 2. The van der Waals surface area contributed by atoms with Crippen LogP contribution in [0.3, 0.4) is 0 Å². The number of rotatable bonds is 6. The van der Waals surface area contributed by atoms with Crippen molar-refractivity contribution in [3.63, 3.8) is 0 Å². The SMILES string of the molecule is COc1ccccc1N1C[C@@]23C=C[C@@H](O2)C(C(=O)NCCc2c[nH]c4ccccc24)C3C1=O. The number of benzene rings is 2. The molecule has 2 aromatic carbocycles. The number of H-pyrrole nitrogens is 1. The van der Waals surface area contributed by atoms with E-state index < -0.39 is 17.4 Å². The Bertz CT molecular complexity index is 1280. The van der Waals surface area contributed by atoms with E-state index in [1.165, 1.54) is 0 Å². The predicted molar refractivity (Wildman–Crippen MR) is 124 cm³/mol. The third-order valence-corrected chi connectivity index (χ3v) is 7.15. The van der Waals surface area contributed by atoms with Crippen LogP contribution in [0.5, 0.6) is 5.75 Å². The van der Waals surface area contributed by atoms with Gasteiger partial charge in [-0.15, -0.1) is 0 Å². The fourth-order valence-corrected chi connectivity index (χ4v) is 5.63. The second-order valence-electron chi connectivity index (χ2n) is 8.90. The maximum Gasteiger partial charge on any atom is 0.234 e. The minimum atomic E-state index is -0.762. The summed E-state index contributed by atoms with van der Waals surface area (Å²) in [6.45, 7) is 0.876. The first-order chi connectivity index (χ1) is 16.1. The van der Waals surface area contributed by atoms with E-state index in [1.807, 2.05) is 60.8 Å². The maximum atomic E-state index is 13.5. The molecule has 3 aliphatic rings. The van der Waals surface area contributed by atoms with Crippen LogP contribution in [0.4, 0.5) is 5.69 Å². The number of hydrogen-bond donors (Lipinski definition) is 2. The number of nitrogens with zero attached hydrogens (tertiary/aromatic N) is 1. The monoisotopic (exact) mass is 443 g/mol. The molecule has 4 heterocycles. The van der Waals surface area contributed by atoms with Crippen molar-refractivity contribution in [2.75, 3.05) is 25.1 Å². The number of hydrogen-bond acceptors (Lipinski definition) is 4. The number of anilines is 1. The molecule has 2 unspecified atom stereocenters. The van der Waals surface area contributed by atoms with Gasteiger partial charge in [0.25, 0.3) is 0 Å². The van der Waals surface area contributed by atoms with E-state index in [1.54, 1.807) is 12.0 Å². The van der Waals surface area contributed by atoms with Gasteiger partial charge in [-0.3, -0.25) is 9.59 Å². The quantitative estimate of drug-likeness (QED) is 0.574. The van der Waals surface area contributed by atoms with Crippen LogP contribution in [0.25, 0.3) is 10.9 Å². The number of fused-ring (bicyclic) bond motifs is 2. The second kappa shape index (κ2) is 7.49. The summed E-state index contributed by atoms with van der Waals surface area (Å²) >= 11 is 0. The van der Waals surface area contributed by atoms with Crippen LogP contribution in [0, 0.1) is 11.8 Å². The Morgan fingerprint density at radius 2 is 2.06 bits per heavy atom. The second-order valence-corrected chi connectivity index (χ2v) is 8.90.